The van der Waals surface area contributed by atoms with Crippen LogP contribution in [0.15, 0.2) is 40.1 Å². The number of amides is 1. The lowest BCUT2D eigenvalue weighted by molar-refractivity contribution is -0.135. The first kappa shape index (κ1) is 16.8. The first-order valence-corrected chi connectivity index (χ1v) is 6.54. The van der Waals surface area contributed by atoms with E-state index in [1.54, 1.807) is 32.3 Å². The lowest BCUT2D eigenvalue weighted by atomic mass is 10.1. The van der Waals surface area contributed by atoms with Gasteiger partial charge in [0.2, 0.25) is 0 Å². The van der Waals surface area contributed by atoms with Crippen molar-refractivity contribution in [3.8, 4) is 0 Å². The fourth-order valence-corrected chi connectivity index (χ4v) is 1.61. The van der Waals surface area contributed by atoms with Gasteiger partial charge in [0.05, 0.1) is 20.3 Å². The van der Waals surface area contributed by atoms with E-state index in [0.29, 0.717) is 24.5 Å². The zero-order valence-electron chi connectivity index (χ0n) is 12.5. The maximum Gasteiger partial charge on any atom is 0.292 e. The summed E-state index contributed by atoms with van der Waals surface area (Å²) in [7, 11) is 3.09. The van der Waals surface area contributed by atoms with Crippen LogP contribution in [-0.2, 0) is 19.1 Å². The molecule has 0 aromatic carbocycles. The molecule has 1 N–H and O–H groups in total. The number of rotatable bonds is 6. The van der Waals surface area contributed by atoms with Crippen LogP contribution in [0.1, 0.15) is 6.92 Å². The molecule has 0 aromatic rings. The molecule has 0 saturated carbocycles. The van der Waals surface area contributed by atoms with Crippen molar-refractivity contribution in [3.05, 3.63) is 35.1 Å². The molecule has 1 rings (SSSR count). The predicted octanol–water partition coefficient (Wildman–Crippen LogP) is 0.805. The fraction of sp³-hybridized carbons (Fsp3) is 0.400. The highest BCUT2D eigenvalue weighted by Crippen LogP contribution is 2.10. The summed E-state index contributed by atoms with van der Waals surface area (Å²) < 4.78 is 9.96. The molecule has 0 spiro atoms. The van der Waals surface area contributed by atoms with Crippen LogP contribution < -0.4 is 5.32 Å². The van der Waals surface area contributed by atoms with Gasteiger partial charge < -0.3 is 14.8 Å². The van der Waals surface area contributed by atoms with E-state index >= 15 is 0 Å². The Labute approximate surface area is 124 Å². The first-order chi connectivity index (χ1) is 10.1. The second-order valence-corrected chi connectivity index (χ2v) is 4.31. The smallest absolute Gasteiger partial charge is 0.292 e. The molecule has 0 bridgehead atoms. The van der Waals surface area contributed by atoms with Gasteiger partial charge in [-0.05, 0) is 24.6 Å². The van der Waals surface area contributed by atoms with E-state index < -0.39 is 11.7 Å². The molecule has 1 heterocycles. The van der Waals surface area contributed by atoms with Gasteiger partial charge in [0, 0.05) is 25.4 Å². The van der Waals surface area contributed by atoms with Crippen LogP contribution in [0.25, 0.3) is 0 Å². The third kappa shape index (κ3) is 5.35. The second-order valence-electron chi connectivity index (χ2n) is 4.31. The summed E-state index contributed by atoms with van der Waals surface area (Å²) >= 11 is 0. The van der Waals surface area contributed by atoms with Crippen LogP contribution in [0.4, 0.5) is 0 Å². The van der Waals surface area contributed by atoms with Crippen molar-refractivity contribution in [1.29, 1.82) is 0 Å². The molecule has 0 radical (unpaired) electrons. The molecule has 0 fully saturated rings. The Balaban J connectivity index is 2.88. The molecule has 1 aliphatic rings. The minimum Gasteiger partial charge on any atom is -0.497 e. The van der Waals surface area contributed by atoms with Gasteiger partial charge in [0.1, 0.15) is 5.76 Å². The number of nitrogens with one attached hydrogen (secondary N) is 1. The van der Waals surface area contributed by atoms with E-state index in [9.17, 15) is 9.59 Å². The third-order valence-electron chi connectivity index (χ3n) is 2.82. The van der Waals surface area contributed by atoms with Crippen LogP contribution in [-0.4, -0.2) is 51.8 Å². The van der Waals surface area contributed by atoms with Crippen LogP contribution in [0, 0.1) is 0 Å². The molecular weight excluding hydrogens is 272 g/mol. The van der Waals surface area contributed by atoms with Gasteiger partial charge in [-0.15, -0.1) is 0 Å². The van der Waals surface area contributed by atoms with E-state index in [-0.39, 0.29) is 12.1 Å². The van der Waals surface area contributed by atoms with Crippen molar-refractivity contribution in [2.75, 3.05) is 33.9 Å². The highest BCUT2D eigenvalue weighted by Gasteiger charge is 2.19. The van der Waals surface area contributed by atoms with Gasteiger partial charge in [-0.1, -0.05) is 6.08 Å². The van der Waals surface area contributed by atoms with Crippen molar-refractivity contribution in [2.45, 2.75) is 6.92 Å². The Morgan fingerprint density at radius 1 is 1.33 bits per heavy atom. The number of hydrogen-bond acceptors (Lipinski definition) is 5. The highest BCUT2D eigenvalue weighted by atomic mass is 16.5. The summed E-state index contributed by atoms with van der Waals surface area (Å²) in [6.45, 7) is 2.77. The van der Waals surface area contributed by atoms with Crippen molar-refractivity contribution >= 4 is 17.9 Å². The van der Waals surface area contributed by atoms with Gasteiger partial charge in [0.25, 0.3) is 11.7 Å². The van der Waals surface area contributed by atoms with E-state index in [0.717, 1.165) is 0 Å². The monoisotopic (exact) mass is 292 g/mol. The van der Waals surface area contributed by atoms with Gasteiger partial charge >= 0.3 is 0 Å². The molecule has 6 heteroatoms. The SMILES string of the molecule is COCCNC(=O)C(=O)/C1=C(C)\C=C/C(OC)=CCN=C1. The molecule has 0 aromatic heterocycles. The molecule has 1 amide bonds. The number of carbonyl (C=O) groups excluding carboxylic acids is 2. The van der Waals surface area contributed by atoms with Crippen molar-refractivity contribution in [1.82, 2.24) is 5.32 Å². The Kier molecular flexibility index (Phi) is 7.11. The predicted molar refractivity (Wildman–Crippen MR) is 80.2 cm³/mol. The summed E-state index contributed by atoms with van der Waals surface area (Å²) in [5, 5.41) is 2.50. The standard InChI is InChI=1S/C15H20N2O4/c1-11-4-5-12(21-3)6-7-16-10-13(11)14(18)15(19)17-8-9-20-2/h4-6,10H,7-9H2,1-3H3,(H,17,19)/b5-4-,12-6?,13-11-,16-10?. The normalized spacial score (nSPS) is 19.9. The maximum atomic E-state index is 12.1. The molecule has 0 aliphatic carbocycles. The van der Waals surface area contributed by atoms with Gasteiger partial charge in [-0.2, -0.15) is 0 Å². The maximum absolute atomic E-state index is 12.1. The van der Waals surface area contributed by atoms with Gasteiger partial charge in [-0.25, -0.2) is 0 Å². The Bertz CT molecular complexity index is 516. The molecular formula is C15H20N2O4. The number of ketones is 1. The quantitative estimate of drug-likeness (QED) is 0.580. The molecule has 0 saturated heterocycles. The fourth-order valence-electron chi connectivity index (χ4n) is 1.61. The highest BCUT2D eigenvalue weighted by molar-refractivity contribution is 6.47. The average molecular weight is 292 g/mol. The second kappa shape index (κ2) is 8.86. The molecule has 1 aliphatic heterocycles. The van der Waals surface area contributed by atoms with Crippen LogP contribution >= 0.6 is 0 Å². The summed E-state index contributed by atoms with van der Waals surface area (Å²) in [5.41, 5.74) is 0.919. The van der Waals surface area contributed by atoms with E-state index in [1.807, 2.05) is 0 Å². The number of nitrogens with zero attached hydrogens (tertiary/aromatic N) is 1. The average Bonchev–Trinajstić information content (AvgIpc) is 2.57. The zero-order chi connectivity index (χ0) is 15.7. The Morgan fingerprint density at radius 2 is 2.10 bits per heavy atom. The van der Waals surface area contributed by atoms with Gasteiger partial charge in [0.15, 0.2) is 0 Å². The lowest BCUT2D eigenvalue weighted by Gasteiger charge is -2.05. The number of Topliss-reactive ketones (excluding diaryl/α,β-unsaturated/α-hetero) is 1. The van der Waals surface area contributed by atoms with Crippen LogP contribution in [0.5, 0.6) is 0 Å². The number of ether oxygens (including phenoxy) is 2. The van der Waals surface area contributed by atoms with Crippen molar-refractivity contribution in [2.24, 2.45) is 4.99 Å². The molecule has 21 heavy (non-hydrogen) atoms. The van der Waals surface area contributed by atoms with E-state index in [2.05, 4.69) is 10.3 Å². The number of aliphatic imine (C=N–C) groups is 1. The first-order valence-electron chi connectivity index (χ1n) is 6.54. The number of methoxy groups -OCH3 is 2. The summed E-state index contributed by atoms with van der Waals surface area (Å²) in [4.78, 5) is 28.1. The number of hydrogen-bond donors (Lipinski definition) is 1. The van der Waals surface area contributed by atoms with E-state index in [1.165, 1.54) is 13.3 Å². The van der Waals surface area contributed by atoms with Crippen molar-refractivity contribution in [3.63, 3.8) is 0 Å². The van der Waals surface area contributed by atoms with E-state index in [4.69, 9.17) is 9.47 Å². The Morgan fingerprint density at radius 3 is 2.76 bits per heavy atom. The minimum absolute atomic E-state index is 0.270. The number of allylic oxidation sites excluding steroid dienone is 3. The summed E-state index contributed by atoms with van der Waals surface area (Å²) in [5.74, 6) is -0.622. The zero-order valence-corrected chi connectivity index (χ0v) is 12.5. The summed E-state index contributed by atoms with van der Waals surface area (Å²) in [6.07, 6.45) is 6.67. The topological polar surface area (TPSA) is 77.0 Å². The van der Waals surface area contributed by atoms with Crippen LogP contribution in [0.2, 0.25) is 0 Å². The lowest BCUT2D eigenvalue weighted by Crippen LogP contribution is -2.34. The number of carbonyl (C=O) groups is 2. The largest absolute Gasteiger partial charge is 0.497 e. The Hall–Kier alpha value is -2.21. The van der Waals surface area contributed by atoms with Crippen LogP contribution in [0.3, 0.4) is 0 Å². The molecule has 0 unspecified atom stereocenters. The van der Waals surface area contributed by atoms with Crippen molar-refractivity contribution < 1.29 is 19.1 Å². The van der Waals surface area contributed by atoms with Gasteiger partial charge in [-0.3, -0.25) is 14.6 Å². The molecule has 114 valence electrons. The third-order valence-corrected chi connectivity index (χ3v) is 2.82. The summed E-state index contributed by atoms with van der Waals surface area (Å²) in [6, 6.07) is 0. The molecule has 0 atom stereocenters. The molecule has 6 nitrogen and oxygen atoms in total. The minimum atomic E-state index is -0.666.